The van der Waals surface area contributed by atoms with Crippen molar-refractivity contribution in [3.63, 3.8) is 0 Å². The summed E-state index contributed by atoms with van der Waals surface area (Å²) in [5, 5.41) is 0.742. The van der Waals surface area contributed by atoms with Crippen molar-refractivity contribution in [2.24, 2.45) is 5.73 Å². The van der Waals surface area contributed by atoms with E-state index < -0.39 is 0 Å². The van der Waals surface area contributed by atoms with Crippen molar-refractivity contribution in [3.8, 4) is 0 Å². The van der Waals surface area contributed by atoms with Crippen molar-refractivity contribution in [2.45, 2.75) is 12.6 Å². The Kier molecular flexibility index (Phi) is 3.56. The van der Waals surface area contributed by atoms with Crippen molar-refractivity contribution < 1.29 is 4.74 Å². The third-order valence-electron chi connectivity index (χ3n) is 2.06. The number of hydrogen-bond acceptors (Lipinski definition) is 2. The van der Waals surface area contributed by atoms with E-state index in [0.717, 1.165) is 16.1 Å². The second kappa shape index (κ2) is 4.29. The van der Waals surface area contributed by atoms with Gasteiger partial charge in [-0.3, -0.25) is 0 Å². The lowest BCUT2D eigenvalue weighted by Gasteiger charge is -2.22. The van der Waals surface area contributed by atoms with Gasteiger partial charge in [0.1, 0.15) is 0 Å². The molecule has 1 aliphatic heterocycles. The van der Waals surface area contributed by atoms with E-state index in [9.17, 15) is 0 Å². The minimum atomic E-state index is -0.0209. The Labute approximate surface area is 88.4 Å². The molecule has 0 saturated carbocycles. The number of nitrogens with two attached hydrogens (primary N) is 1. The maximum Gasteiger partial charge on any atom is 0.0721 e. The molecule has 0 aliphatic carbocycles. The standard InChI is InChI=1S/C9H10ClNO.ClH/c10-7-2-1-6-4-12-5-9(11)8(6)3-7;/h1-3,9H,4-5,11H2;1H. The zero-order valence-corrected chi connectivity index (χ0v) is 8.57. The molecule has 0 radical (unpaired) electrons. The van der Waals surface area contributed by atoms with Crippen molar-refractivity contribution in [2.75, 3.05) is 6.61 Å². The monoisotopic (exact) mass is 219 g/mol. The van der Waals surface area contributed by atoms with Crippen LogP contribution < -0.4 is 5.73 Å². The molecule has 0 bridgehead atoms. The fourth-order valence-electron chi connectivity index (χ4n) is 1.43. The molecule has 0 aromatic heterocycles. The summed E-state index contributed by atoms with van der Waals surface area (Å²) < 4.78 is 5.28. The van der Waals surface area contributed by atoms with Gasteiger partial charge in [0, 0.05) is 5.02 Å². The fourth-order valence-corrected chi connectivity index (χ4v) is 1.61. The van der Waals surface area contributed by atoms with Gasteiger partial charge in [-0.1, -0.05) is 17.7 Å². The quantitative estimate of drug-likeness (QED) is 0.727. The molecule has 1 aromatic rings. The van der Waals surface area contributed by atoms with E-state index >= 15 is 0 Å². The highest BCUT2D eigenvalue weighted by Gasteiger charge is 2.16. The summed E-state index contributed by atoms with van der Waals surface area (Å²) in [6.45, 7) is 1.24. The predicted molar refractivity (Wildman–Crippen MR) is 55.3 cm³/mol. The summed E-state index contributed by atoms with van der Waals surface area (Å²) in [6.07, 6.45) is 0. The van der Waals surface area contributed by atoms with Crippen molar-refractivity contribution in [3.05, 3.63) is 34.3 Å². The van der Waals surface area contributed by atoms with E-state index in [1.165, 1.54) is 0 Å². The fraction of sp³-hybridized carbons (Fsp3) is 0.333. The maximum atomic E-state index is 5.85. The van der Waals surface area contributed by atoms with Gasteiger partial charge in [-0.25, -0.2) is 0 Å². The summed E-state index contributed by atoms with van der Waals surface area (Å²) in [7, 11) is 0. The lowest BCUT2D eigenvalue weighted by Crippen LogP contribution is -2.23. The first-order chi connectivity index (χ1) is 5.77. The van der Waals surface area contributed by atoms with Crippen LogP contribution in [0.1, 0.15) is 17.2 Å². The van der Waals surface area contributed by atoms with Crippen molar-refractivity contribution in [1.29, 1.82) is 0 Å². The van der Waals surface area contributed by atoms with E-state index in [2.05, 4.69) is 0 Å². The van der Waals surface area contributed by atoms with Crippen molar-refractivity contribution in [1.82, 2.24) is 0 Å². The minimum absolute atomic E-state index is 0. The number of benzene rings is 1. The summed E-state index contributed by atoms with van der Waals surface area (Å²) in [4.78, 5) is 0. The SMILES string of the molecule is Cl.NC1COCc2ccc(Cl)cc21. The van der Waals surface area contributed by atoms with Crippen LogP contribution in [0.15, 0.2) is 18.2 Å². The molecule has 13 heavy (non-hydrogen) atoms. The number of ether oxygens (including phenoxy) is 1. The zero-order valence-electron chi connectivity index (χ0n) is 7.00. The van der Waals surface area contributed by atoms with E-state index in [1.807, 2.05) is 18.2 Å². The molecule has 2 nitrogen and oxygen atoms in total. The third kappa shape index (κ3) is 2.15. The first-order valence-corrected chi connectivity index (χ1v) is 4.27. The number of halogens is 2. The summed E-state index contributed by atoms with van der Waals surface area (Å²) >= 11 is 5.85. The third-order valence-corrected chi connectivity index (χ3v) is 2.30. The maximum absolute atomic E-state index is 5.85. The van der Waals surface area contributed by atoms with Crippen molar-refractivity contribution >= 4 is 24.0 Å². The first kappa shape index (κ1) is 10.8. The van der Waals surface area contributed by atoms with Gasteiger partial charge in [-0.2, -0.15) is 0 Å². The average molecular weight is 220 g/mol. The number of rotatable bonds is 0. The van der Waals surface area contributed by atoms with Gasteiger partial charge in [0.05, 0.1) is 19.3 Å². The second-order valence-electron chi connectivity index (χ2n) is 2.96. The van der Waals surface area contributed by atoms with Gasteiger partial charge in [0.15, 0.2) is 0 Å². The highest BCUT2D eigenvalue weighted by atomic mass is 35.5. The Morgan fingerprint density at radius 1 is 1.46 bits per heavy atom. The molecule has 4 heteroatoms. The van der Waals surface area contributed by atoms with Gasteiger partial charge < -0.3 is 10.5 Å². The molecule has 0 fully saturated rings. The Morgan fingerprint density at radius 3 is 3.00 bits per heavy atom. The van der Waals surface area contributed by atoms with E-state index in [0.29, 0.717) is 13.2 Å². The van der Waals surface area contributed by atoms with Crippen LogP contribution in [0.2, 0.25) is 5.02 Å². The Morgan fingerprint density at radius 2 is 2.23 bits per heavy atom. The average Bonchev–Trinajstić information content (AvgIpc) is 2.07. The Balaban J connectivity index is 0.000000845. The largest absolute Gasteiger partial charge is 0.375 e. The summed E-state index contributed by atoms with van der Waals surface area (Å²) in [5.74, 6) is 0. The van der Waals surface area contributed by atoms with Crippen LogP contribution in [0.4, 0.5) is 0 Å². The zero-order chi connectivity index (χ0) is 8.55. The smallest absolute Gasteiger partial charge is 0.0721 e. The van der Waals surface area contributed by atoms with Gasteiger partial charge in [-0.15, -0.1) is 12.4 Å². The van der Waals surface area contributed by atoms with Gasteiger partial charge in [-0.05, 0) is 23.3 Å². The molecule has 72 valence electrons. The van der Waals surface area contributed by atoms with E-state index in [-0.39, 0.29) is 18.4 Å². The highest BCUT2D eigenvalue weighted by molar-refractivity contribution is 6.30. The molecule has 1 atom stereocenters. The van der Waals surface area contributed by atoms with E-state index in [1.54, 1.807) is 0 Å². The van der Waals surface area contributed by atoms with Crippen LogP contribution in [0.25, 0.3) is 0 Å². The highest BCUT2D eigenvalue weighted by Crippen LogP contribution is 2.25. The van der Waals surface area contributed by atoms with Gasteiger partial charge in [0.25, 0.3) is 0 Å². The van der Waals surface area contributed by atoms with E-state index in [4.69, 9.17) is 22.1 Å². The van der Waals surface area contributed by atoms with Gasteiger partial charge >= 0.3 is 0 Å². The second-order valence-corrected chi connectivity index (χ2v) is 3.40. The normalized spacial score (nSPS) is 20.3. The molecular formula is C9H11Cl2NO. The summed E-state index contributed by atoms with van der Waals surface area (Å²) in [6, 6.07) is 5.73. The molecule has 0 spiro atoms. The number of hydrogen-bond donors (Lipinski definition) is 1. The van der Waals surface area contributed by atoms with Crippen LogP contribution in [-0.4, -0.2) is 6.61 Å². The summed E-state index contributed by atoms with van der Waals surface area (Å²) in [5.41, 5.74) is 8.10. The molecule has 2 N–H and O–H groups in total. The topological polar surface area (TPSA) is 35.2 Å². The molecule has 1 aromatic carbocycles. The van der Waals surface area contributed by atoms with Crippen LogP contribution in [-0.2, 0) is 11.3 Å². The molecule has 1 unspecified atom stereocenters. The van der Waals surface area contributed by atoms with Crippen LogP contribution >= 0.6 is 24.0 Å². The minimum Gasteiger partial charge on any atom is -0.375 e. The molecular weight excluding hydrogens is 209 g/mol. The lowest BCUT2D eigenvalue weighted by atomic mass is 10.00. The Hall–Kier alpha value is -0.280. The van der Waals surface area contributed by atoms with Crippen LogP contribution in [0, 0.1) is 0 Å². The van der Waals surface area contributed by atoms with Crippen LogP contribution in [0.5, 0.6) is 0 Å². The first-order valence-electron chi connectivity index (χ1n) is 3.89. The molecule has 2 rings (SSSR count). The molecule has 1 heterocycles. The lowest BCUT2D eigenvalue weighted by molar-refractivity contribution is 0.0924. The van der Waals surface area contributed by atoms with Crippen LogP contribution in [0.3, 0.4) is 0 Å². The molecule has 0 saturated heterocycles. The number of fused-ring (bicyclic) bond motifs is 1. The molecule has 1 aliphatic rings. The van der Waals surface area contributed by atoms with Gasteiger partial charge in [0.2, 0.25) is 0 Å². The predicted octanol–water partition coefficient (Wildman–Crippen LogP) is 2.29. The Bertz CT molecular complexity index is 304. The molecule has 0 amide bonds.